The zero-order valence-corrected chi connectivity index (χ0v) is 20.8. The van der Waals surface area contributed by atoms with Crippen LogP contribution in [-0.4, -0.2) is 24.1 Å². The lowest BCUT2D eigenvalue weighted by Gasteiger charge is -2.28. The lowest BCUT2D eigenvalue weighted by Crippen LogP contribution is -2.37. The fourth-order valence-electron chi connectivity index (χ4n) is 3.21. The van der Waals surface area contributed by atoms with Gasteiger partial charge in [0.25, 0.3) is 0 Å². The van der Waals surface area contributed by atoms with Crippen LogP contribution in [0, 0.1) is 11.2 Å². The molecule has 0 aliphatic heterocycles. The van der Waals surface area contributed by atoms with E-state index in [4.69, 9.17) is 14.2 Å². The molecule has 0 bridgehead atoms. The van der Waals surface area contributed by atoms with Crippen LogP contribution in [0.25, 0.3) is 11.1 Å². The van der Waals surface area contributed by atoms with Gasteiger partial charge in [0.2, 0.25) is 0 Å². The van der Waals surface area contributed by atoms with Crippen molar-refractivity contribution in [3.63, 3.8) is 0 Å². The first kappa shape index (κ1) is 25.9. The largest absolute Gasteiger partial charge is 0.492 e. The highest BCUT2D eigenvalue weighted by Gasteiger charge is 2.33. The molecule has 0 unspecified atom stereocenters. The number of rotatable bonds is 8. The third-order valence-corrected chi connectivity index (χ3v) is 5.14. The lowest BCUT2D eigenvalue weighted by molar-refractivity contribution is -0.167. The van der Waals surface area contributed by atoms with E-state index < -0.39 is 22.8 Å². The van der Waals surface area contributed by atoms with Crippen molar-refractivity contribution in [3.05, 3.63) is 89.7 Å². The second-order valence-electron chi connectivity index (χ2n) is 9.93. The van der Waals surface area contributed by atoms with Crippen molar-refractivity contribution in [2.45, 2.75) is 46.8 Å². The fourth-order valence-corrected chi connectivity index (χ4v) is 3.21. The molecule has 0 N–H and O–H groups in total. The highest BCUT2D eigenvalue weighted by atomic mass is 19.1. The standard InChI is InChI=1S/C29H31FO5/c1-28(2,3)35-27(32)29(4,5)19-34-25-14-10-9-13-22(25)21-15-16-23(24(30)17-21)26(31)33-18-20-11-7-6-8-12-20/h6-17H,18-19H2,1-5H3. The van der Waals surface area contributed by atoms with Gasteiger partial charge in [-0.25, -0.2) is 9.18 Å². The molecule has 5 nitrogen and oxygen atoms in total. The number of halogens is 1. The Balaban J connectivity index is 1.73. The Morgan fingerprint density at radius 2 is 1.51 bits per heavy atom. The first-order chi connectivity index (χ1) is 16.5. The zero-order chi connectivity index (χ0) is 25.6. The Morgan fingerprint density at radius 3 is 2.17 bits per heavy atom. The maximum Gasteiger partial charge on any atom is 0.341 e. The minimum Gasteiger partial charge on any atom is -0.492 e. The molecule has 0 aliphatic carbocycles. The normalized spacial score (nSPS) is 11.6. The van der Waals surface area contributed by atoms with Gasteiger partial charge in [-0.3, -0.25) is 4.79 Å². The highest BCUT2D eigenvalue weighted by Crippen LogP contribution is 2.33. The first-order valence-electron chi connectivity index (χ1n) is 11.4. The molecule has 3 aromatic carbocycles. The molecular formula is C29H31FO5. The molecule has 3 aromatic rings. The summed E-state index contributed by atoms with van der Waals surface area (Å²) in [4.78, 5) is 24.9. The number of carbonyl (C=O) groups excluding carboxylic acids is 2. The Labute approximate surface area is 205 Å². The van der Waals surface area contributed by atoms with Crippen LogP contribution < -0.4 is 4.74 Å². The fraction of sp³-hybridized carbons (Fsp3) is 0.310. The summed E-state index contributed by atoms with van der Waals surface area (Å²) in [5.41, 5.74) is 0.349. The second-order valence-corrected chi connectivity index (χ2v) is 9.93. The van der Waals surface area contributed by atoms with Crippen LogP contribution >= 0.6 is 0 Å². The second kappa shape index (κ2) is 10.7. The molecule has 0 heterocycles. The van der Waals surface area contributed by atoms with Crippen LogP contribution in [0.5, 0.6) is 5.75 Å². The van der Waals surface area contributed by atoms with E-state index in [9.17, 15) is 14.0 Å². The summed E-state index contributed by atoms with van der Waals surface area (Å²) in [6.45, 7) is 9.07. The molecule has 0 saturated heterocycles. The number of para-hydroxylation sites is 1. The van der Waals surface area contributed by atoms with Crippen LogP contribution in [0.2, 0.25) is 0 Å². The number of benzene rings is 3. The minimum absolute atomic E-state index is 0.0605. The van der Waals surface area contributed by atoms with Crippen LogP contribution in [0.4, 0.5) is 4.39 Å². The molecule has 0 saturated carbocycles. The Kier molecular flexibility index (Phi) is 7.95. The number of esters is 2. The van der Waals surface area contributed by atoms with Gasteiger partial charge in [0, 0.05) is 5.56 Å². The van der Waals surface area contributed by atoms with Crippen molar-refractivity contribution in [1.82, 2.24) is 0 Å². The van der Waals surface area contributed by atoms with Crippen molar-refractivity contribution in [1.29, 1.82) is 0 Å². The molecule has 0 aromatic heterocycles. The summed E-state index contributed by atoms with van der Waals surface area (Å²) in [6.07, 6.45) is 0. The van der Waals surface area contributed by atoms with Crippen LogP contribution in [0.15, 0.2) is 72.8 Å². The Morgan fingerprint density at radius 1 is 0.857 bits per heavy atom. The predicted molar refractivity (Wildman–Crippen MR) is 133 cm³/mol. The third-order valence-electron chi connectivity index (χ3n) is 5.14. The van der Waals surface area contributed by atoms with Gasteiger partial charge in [-0.15, -0.1) is 0 Å². The van der Waals surface area contributed by atoms with Gasteiger partial charge >= 0.3 is 11.9 Å². The zero-order valence-electron chi connectivity index (χ0n) is 20.8. The average molecular weight is 479 g/mol. The molecule has 0 fully saturated rings. The van der Waals surface area contributed by atoms with E-state index in [2.05, 4.69) is 0 Å². The van der Waals surface area contributed by atoms with Crippen molar-refractivity contribution in [2.24, 2.45) is 5.41 Å². The summed E-state index contributed by atoms with van der Waals surface area (Å²) in [7, 11) is 0. The SMILES string of the molecule is CC(C)(C)OC(=O)C(C)(C)COc1ccccc1-c1ccc(C(=O)OCc2ccccc2)c(F)c1. The molecule has 0 radical (unpaired) electrons. The van der Waals surface area contributed by atoms with Crippen molar-refractivity contribution in [3.8, 4) is 16.9 Å². The summed E-state index contributed by atoms with van der Waals surface area (Å²) < 4.78 is 31.6. The van der Waals surface area contributed by atoms with Crippen LogP contribution in [-0.2, 0) is 20.9 Å². The van der Waals surface area contributed by atoms with E-state index in [-0.39, 0.29) is 24.7 Å². The van der Waals surface area contributed by atoms with Gasteiger partial charge in [0.1, 0.15) is 30.4 Å². The van der Waals surface area contributed by atoms with E-state index in [0.29, 0.717) is 16.9 Å². The molecule has 6 heteroatoms. The van der Waals surface area contributed by atoms with Gasteiger partial charge in [0.15, 0.2) is 0 Å². The van der Waals surface area contributed by atoms with Crippen molar-refractivity contribution >= 4 is 11.9 Å². The molecule has 3 rings (SSSR count). The number of ether oxygens (including phenoxy) is 3. The monoisotopic (exact) mass is 478 g/mol. The van der Waals surface area contributed by atoms with Crippen LogP contribution in [0.1, 0.15) is 50.5 Å². The predicted octanol–water partition coefficient (Wildman–Crippen LogP) is 6.60. The molecule has 0 amide bonds. The maximum atomic E-state index is 14.9. The van der Waals surface area contributed by atoms with E-state index in [1.54, 1.807) is 44.2 Å². The van der Waals surface area contributed by atoms with Crippen molar-refractivity contribution in [2.75, 3.05) is 6.61 Å². The van der Waals surface area contributed by atoms with E-state index in [1.165, 1.54) is 12.1 Å². The summed E-state index contributed by atoms with van der Waals surface area (Å²) >= 11 is 0. The van der Waals surface area contributed by atoms with Gasteiger partial charge in [0.05, 0.1) is 11.0 Å². The van der Waals surface area contributed by atoms with Gasteiger partial charge in [-0.2, -0.15) is 0 Å². The highest BCUT2D eigenvalue weighted by molar-refractivity contribution is 5.90. The molecule has 35 heavy (non-hydrogen) atoms. The van der Waals surface area contributed by atoms with E-state index in [0.717, 1.165) is 5.56 Å². The van der Waals surface area contributed by atoms with E-state index in [1.807, 2.05) is 51.1 Å². The van der Waals surface area contributed by atoms with Gasteiger partial charge in [-0.1, -0.05) is 54.6 Å². The summed E-state index contributed by atoms with van der Waals surface area (Å²) in [6, 6.07) is 20.7. The molecule has 0 atom stereocenters. The molecule has 0 aliphatic rings. The summed E-state index contributed by atoms with van der Waals surface area (Å²) in [5, 5.41) is 0. The summed E-state index contributed by atoms with van der Waals surface area (Å²) in [5.74, 6) is -1.30. The topological polar surface area (TPSA) is 61.8 Å². The smallest absolute Gasteiger partial charge is 0.341 e. The van der Waals surface area contributed by atoms with Gasteiger partial charge < -0.3 is 14.2 Å². The Hall–Kier alpha value is -3.67. The molecule has 184 valence electrons. The molecular weight excluding hydrogens is 447 g/mol. The Bertz CT molecular complexity index is 1180. The van der Waals surface area contributed by atoms with Crippen LogP contribution in [0.3, 0.4) is 0 Å². The first-order valence-corrected chi connectivity index (χ1v) is 11.4. The third kappa shape index (κ3) is 7.15. The maximum absolute atomic E-state index is 14.9. The number of carbonyl (C=O) groups is 2. The van der Waals surface area contributed by atoms with Crippen molar-refractivity contribution < 1.29 is 28.2 Å². The average Bonchev–Trinajstić information content (AvgIpc) is 2.81. The molecule has 0 spiro atoms. The lowest BCUT2D eigenvalue weighted by atomic mass is 9.94. The number of hydrogen-bond donors (Lipinski definition) is 0. The minimum atomic E-state index is -0.891. The number of hydrogen-bond acceptors (Lipinski definition) is 5. The van der Waals surface area contributed by atoms with Gasteiger partial charge in [-0.05, 0) is 63.9 Å². The van der Waals surface area contributed by atoms with E-state index >= 15 is 0 Å². The quantitative estimate of drug-likeness (QED) is 0.342.